The molecule has 0 radical (unpaired) electrons. The molecule has 0 aromatic carbocycles. The van der Waals surface area contributed by atoms with Crippen LogP contribution >= 0.6 is 0 Å². The molecule has 0 saturated carbocycles. The standard InChI is InChI=1S/C26H50N2O/c1-5-8-10-11-14-24(13-9-6-2)15-12-18-27-19-16-26(17-20-27)21-28(22-26)25(29)23(4)7-3/h23-24H,5-22H2,1-4H3. The van der Waals surface area contributed by atoms with Crippen LogP contribution in [0.25, 0.3) is 0 Å². The molecule has 2 heterocycles. The molecule has 0 aliphatic carbocycles. The number of hydrogen-bond donors (Lipinski definition) is 0. The van der Waals surface area contributed by atoms with Gasteiger partial charge in [-0.2, -0.15) is 0 Å². The van der Waals surface area contributed by atoms with E-state index >= 15 is 0 Å². The summed E-state index contributed by atoms with van der Waals surface area (Å²) in [6.45, 7) is 14.7. The van der Waals surface area contributed by atoms with Crippen LogP contribution in [-0.4, -0.2) is 48.4 Å². The van der Waals surface area contributed by atoms with Crippen molar-refractivity contribution in [2.45, 2.75) is 111 Å². The lowest BCUT2D eigenvalue weighted by atomic mass is 9.71. The maximum atomic E-state index is 12.4. The van der Waals surface area contributed by atoms with Gasteiger partial charge in [-0.3, -0.25) is 4.79 Å². The molecule has 3 heteroatoms. The van der Waals surface area contributed by atoms with Crippen molar-refractivity contribution in [2.24, 2.45) is 17.3 Å². The minimum Gasteiger partial charge on any atom is -0.341 e. The van der Waals surface area contributed by atoms with Gasteiger partial charge in [0.1, 0.15) is 0 Å². The van der Waals surface area contributed by atoms with Crippen molar-refractivity contribution >= 4 is 5.91 Å². The smallest absolute Gasteiger partial charge is 0.225 e. The lowest BCUT2D eigenvalue weighted by Gasteiger charge is -2.54. The molecule has 2 rings (SSSR count). The first-order chi connectivity index (χ1) is 14.0. The van der Waals surface area contributed by atoms with Gasteiger partial charge < -0.3 is 9.80 Å². The lowest BCUT2D eigenvalue weighted by molar-refractivity contribution is -0.150. The molecular formula is C26H50N2O. The molecule has 1 amide bonds. The van der Waals surface area contributed by atoms with Crippen molar-refractivity contribution in [2.75, 3.05) is 32.7 Å². The van der Waals surface area contributed by atoms with Crippen molar-refractivity contribution in [1.29, 1.82) is 0 Å². The topological polar surface area (TPSA) is 23.6 Å². The second kappa shape index (κ2) is 13.0. The lowest BCUT2D eigenvalue weighted by Crippen LogP contribution is -2.62. The van der Waals surface area contributed by atoms with Crippen LogP contribution < -0.4 is 0 Å². The molecule has 2 atom stereocenters. The highest BCUT2D eigenvalue weighted by molar-refractivity contribution is 5.79. The van der Waals surface area contributed by atoms with Gasteiger partial charge >= 0.3 is 0 Å². The van der Waals surface area contributed by atoms with E-state index in [0.717, 1.165) is 25.4 Å². The van der Waals surface area contributed by atoms with Gasteiger partial charge in [-0.1, -0.05) is 79.1 Å². The van der Waals surface area contributed by atoms with E-state index in [-0.39, 0.29) is 5.92 Å². The average Bonchev–Trinajstić information content (AvgIpc) is 2.72. The Balaban J connectivity index is 1.61. The van der Waals surface area contributed by atoms with E-state index in [1.54, 1.807) is 0 Å². The molecule has 1 spiro atoms. The predicted octanol–water partition coefficient (Wildman–Crippen LogP) is 6.51. The summed E-state index contributed by atoms with van der Waals surface area (Å²) in [6, 6.07) is 0. The number of unbranched alkanes of at least 4 members (excludes halogenated alkanes) is 4. The molecule has 2 aliphatic heterocycles. The van der Waals surface area contributed by atoms with E-state index < -0.39 is 0 Å². The predicted molar refractivity (Wildman–Crippen MR) is 125 cm³/mol. The molecule has 170 valence electrons. The Bertz CT molecular complexity index is 448. The SMILES string of the molecule is CCCCCCC(CCCC)CCCN1CCC2(CC1)CN(C(=O)C(C)CC)C2. The maximum absolute atomic E-state index is 12.4. The quantitative estimate of drug-likeness (QED) is 0.307. The first-order valence-corrected chi connectivity index (χ1v) is 13.0. The van der Waals surface area contributed by atoms with Crippen molar-refractivity contribution in [1.82, 2.24) is 9.80 Å². The third-order valence-electron chi connectivity index (χ3n) is 7.83. The Hall–Kier alpha value is -0.570. The highest BCUT2D eigenvalue weighted by Crippen LogP contribution is 2.41. The van der Waals surface area contributed by atoms with Crippen molar-refractivity contribution in [3.63, 3.8) is 0 Å². The number of likely N-dealkylation sites (tertiary alicyclic amines) is 2. The van der Waals surface area contributed by atoms with Crippen molar-refractivity contribution in [3.05, 3.63) is 0 Å². The van der Waals surface area contributed by atoms with Crippen LogP contribution in [0.4, 0.5) is 0 Å². The zero-order valence-corrected chi connectivity index (χ0v) is 20.2. The maximum Gasteiger partial charge on any atom is 0.225 e. The summed E-state index contributed by atoms with van der Waals surface area (Å²) in [5.41, 5.74) is 0.461. The number of hydrogen-bond acceptors (Lipinski definition) is 2. The molecule has 0 aromatic heterocycles. The van der Waals surface area contributed by atoms with Crippen LogP contribution in [0.1, 0.15) is 111 Å². The Morgan fingerprint density at radius 1 is 0.862 bits per heavy atom. The molecular weight excluding hydrogens is 356 g/mol. The number of nitrogens with zero attached hydrogens (tertiary/aromatic N) is 2. The van der Waals surface area contributed by atoms with Gasteiger partial charge in [0, 0.05) is 24.4 Å². The Morgan fingerprint density at radius 3 is 2.10 bits per heavy atom. The number of amides is 1. The van der Waals surface area contributed by atoms with Crippen LogP contribution in [0.5, 0.6) is 0 Å². The summed E-state index contributed by atoms with van der Waals surface area (Å²) in [5, 5.41) is 0. The van der Waals surface area contributed by atoms with Gasteiger partial charge in [-0.15, -0.1) is 0 Å². The van der Waals surface area contributed by atoms with Crippen molar-refractivity contribution < 1.29 is 4.79 Å². The van der Waals surface area contributed by atoms with Gasteiger partial charge in [0.15, 0.2) is 0 Å². The Kier molecular flexibility index (Phi) is 11.0. The molecule has 2 saturated heterocycles. The molecule has 2 fully saturated rings. The fourth-order valence-corrected chi connectivity index (χ4v) is 5.36. The number of carbonyl (C=O) groups is 1. The van der Waals surface area contributed by atoms with Gasteiger partial charge in [0.05, 0.1) is 0 Å². The number of carbonyl (C=O) groups excluding carboxylic acids is 1. The molecule has 3 nitrogen and oxygen atoms in total. The highest BCUT2D eigenvalue weighted by Gasteiger charge is 2.46. The summed E-state index contributed by atoms with van der Waals surface area (Å²) >= 11 is 0. The molecule has 2 unspecified atom stereocenters. The van der Waals surface area contributed by atoms with Gasteiger partial charge in [0.2, 0.25) is 5.91 Å². The van der Waals surface area contributed by atoms with E-state index in [4.69, 9.17) is 0 Å². The van der Waals surface area contributed by atoms with Crippen LogP contribution in [0, 0.1) is 17.3 Å². The summed E-state index contributed by atoms with van der Waals surface area (Å²) < 4.78 is 0. The molecule has 2 aliphatic rings. The summed E-state index contributed by atoms with van der Waals surface area (Å²) in [7, 11) is 0. The van der Waals surface area contributed by atoms with Crippen LogP contribution in [-0.2, 0) is 4.79 Å². The van der Waals surface area contributed by atoms with Crippen LogP contribution in [0.15, 0.2) is 0 Å². The van der Waals surface area contributed by atoms with Gasteiger partial charge in [-0.25, -0.2) is 0 Å². The Morgan fingerprint density at radius 2 is 1.48 bits per heavy atom. The molecule has 0 bridgehead atoms. The van der Waals surface area contributed by atoms with E-state index in [1.807, 2.05) is 0 Å². The van der Waals surface area contributed by atoms with Gasteiger partial charge in [-0.05, 0) is 57.7 Å². The van der Waals surface area contributed by atoms with Crippen molar-refractivity contribution in [3.8, 4) is 0 Å². The average molecular weight is 407 g/mol. The molecule has 0 N–H and O–H groups in total. The monoisotopic (exact) mass is 406 g/mol. The second-order valence-electron chi connectivity index (χ2n) is 10.3. The normalized spacial score (nSPS) is 21.2. The number of piperidine rings is 1. The fraction of sp³-hybridized carbons (Fsp3) is 0.962. The fourth-order valence-electron chi connectivity index (χ4n) is 5.36. The summed E-state index contributed by atoms with van der Waals surface area (Å²) in [5.74, 6) is 1.56. The third kappa shape index (κ3) is 7.89. The second-order valence-corrected chi connectivity index (χ2v) is 10.3. The van der Waals surface area contributed by atoms with Crippen LogP contribution in [0.3, 0.4) is 0 Å². The van der Waals surface area contributed by atoms with E-state index in [2.05, 4.69) is 37.5 Å². The first kappa shape index (κ1) is 24.7. The summed E-state index contributed by atoms with van der Waals surface area (Å²) in [6.07, 6.45) is 17.7. The zero-order chi connectivity index (χ0) is 21.1. The summed E-state index contributed by atoms with van der Waals surface area (Å²) in [4.78, 5) is 17.2. The van der Waals surface area contributed by atoms with E-state index in [0.29, 0.717) is 11.3 Å². The number of rotatable bonds is 14. The van der Waals surface area contributed by atoms with Gasteiger partial charge in [0.25, 0.3) is 0 Å². The third-order valence-corrected chi connectivity index (χ3v) is 7.83. The minimum absolute atomic E-state index is 0.204. The minimum atomic E-state index is 0.204. The van der Waals surface area contributed by atoms with Crippen LogP contribution in [0.2, 0.25) is 0 Å². The van der Waals surface area contributed by atoms with E-state index in [9.17, 15) is 4.79 Å². The molecule has 0 aromatic rings. The highest BCUT2D eigenvalue weighted by atomic mass is 16.2. The first-order valence-electron chi connectivity index (χ1n) is 13.0. The molecule has 29 heavy (non-hydrogen) atoms. The van der Waals surface area contributed by atoms with E-state index in [1.165, 1.54) is 96.7 Å². The largest absolute Gasteiger partial charge is 0.341 e. The zero-order valence-electron chi connectivity index (χ0n) is 20.2. The Labute approximate surface area is 182 Å².